The second-order valence-electron chi connectivity index (χ2n) is 12.8. The van der Waals surface area contributed by atoms with Crippen molar-refractivity contribution >= 4 is 23.6 Å². The third-order valence-corrected chi connectivity index (χ3v) is 8.16. The van der Waals surface area contributed by atoms with Crippen LogP contribution in [0.25, 0.3) is 0 Å². The molecule has 47 heavy (non-hydrogen) atoms. The van der Waals surface area contributed by atoms with Crippen LogP contribution in [0.15, 0.2) is 54.6 Å². The number of unbranched alkanes of at least 4 members (excludes halogenated alkanes) is 6. The zero-order chi connectivity index (χ0) is 34.6. The number of nitrogens with zero attached hydrogens (tertiary/aromatic N) is 1. The molecule has 0 aliphatic carbocycles. The van der Waals surface area contributed by atoms with Gasteiger partial charge in [0.2, 0.25) is 23.6 Å². The number of benzene rings is 2. The Hall–Kier alpha value is -3.88. The van der Waals surface area contributed by atoms with Crippen LogP contribution in [0.2, 0.25) is 0 Å². The van der Waals surface area contributed by atoms with Crippen LogP contribution >= 0.6 is 0 Å². The lowest BCUT2D eigenvalue weighted by molar-refractivity contribution is -0.137. The molecule has 0 spiro atoms. The summed E-state index contributed by atoms with van der Waals surface area (Å²) in [6, 6.07) is 14.8. The fourth-order valence-electron chi connectivity index (χ4n) is 5.37. The second-order valence-corrected chi connectivity index (χ2v) is 12.8. The Kier molecular flexibility index (Phi) is 18.3. The predicted molar refractivity (Wildman–Crippen MR) is 188 cm³/mol. The first-order valence-electron chi connectivity index (χ1n) is 17.5. The molecule has 2 rings (SSSR count). The highest BCUT2D eigenvalue weighted by molar-refractivity contribution is 5.94. The Morgan fingerprint density at radius 2 is 1.30 bits per heavy atom. The molecule has 2 aromatic carbocycles. The summed E-state index contributed by atoms with van der Waals surface area (Å²) in [6.45, 7) is 12.9. The molecule has 0 saturated heterocycles. The van der Waals surface area contributed by atoms with Crippen molar-refractivity contribution in [1.29, 1.82) is 0 Å². The van der Waals surface area contributed by atoms with E-state index in [0.29, 0.717) is 25.4 Å². The minimum atomic E-state index is -0.890. The monoisotopic (exact) mass is 650 g/mol. The molecule has 0 aromatic heterocycles. The first-order valence-corrected chi connectivity index (χ1v) is 17.5. The third kappa shape index (κ3) is 15.0. The van der Waals surface area contributed by atoms with Crippen molar-refractivity contribution in [2.75, 3.05) is 13.1 Å². The van der Waals surface area contributed by atoms with Gasteiger partial charge < -0.3 is 25.6 Å². The highest BCUT2D eigenvalue weighted by Crippen LogP contribution is 2.16. The van der Waals surface area contributed by atoms with Crippen molar-refractivity contribution in [2.24, 2.45) is 5.92 Å². The zero-order valence-electron chi connectivity index (χ0n) is 29.5. The number of carbonyl (C=O) groups excluding carboxylic acids is 4. The summed E-state index contributed by atoms with van der Waals surface area (Å²) in [5, 5.41) is 8.44. The van der Waals surface area contributed by atoms with E-state index in [4.69, 9.17) is 4.74 Å². The van der Waals surface area contributed by atoms with Gasteiger partial charge in [-0.3, -0.25) is 19.2 Å². The number of carbonyl (C=O) groups is 4. The first kappa shape index (κ1) is 39.3. The molecule has 0 saturated carbocycles. The van der Waals surface area contributed by atoms with E-state index in [2.05, 4.69) is 29.8 Å². The molecule has 9 heteroatoms. The molecular formula is C38H58N4O5. The van der Waals surface area contributed by atoms with Crippen molar-refractivity contribution in [1.82, 2.24) is 20.9 Å². The summed E-state index contributed by atoms with van der Waals surface area (Å²) < 4.78 is 5.87. The Labute approximate surface area is 282 Å². The van der Waals surface area contributed by atoms with Crippen molar-refractivity contribution in [3.05, 3.63) is 65.7 Å². The second kappa shape index (κ2) is 21.8. The van der Waals surface area contributed by atoms with Gasteiger partial charge in [0.1, 0.15) is 30.5 Å². The molecule has 260 valence electrons. The third-order valence-electron chi connectivity index (χ3n) is 8.16. The van der Waals surface area contributed by atoms with Crippen LogP contribution in [0.5, 0.6) is 5.75 Å². The molecule has 2 aromatic rings. The van der Waals surface area contributed by atoms with Crippen molar-refractivity contribution in [3.63, 3.8) is 0 Å². The fourth-order valence-corrected chi connectivity index (χ4v) is 5.37. The van der Waals surface area contributed by atoms with Crippen molar-refractivity contribution in [2.45, 2.75) is 124 Å². The van der Waals surface area contributed by atoms with E-state index in [0.717, 1.165) is 62.5 Å². The number of rotatable bonds is 22. The average molecular weight is 651 g/mol. The largest absolute Gasteiger partial charge is 0.489 e. The highest BCUT2D eigenvalue weighted by Gasteiger charge is 2.31. The summed E-state index contributed by atoms with van der Waals surface area (Å²) in [7, 11) is 0. The van der Waals surface area contributed by atoms with E-state index in [1.807, 2.05) is 73.3 Å². The van der Waals surface area contributed by atoms with E-state index < -0.39 is 29.9 Å². The summed E-state index contributed by atoms with van der Waals surface area (Å²) in [5.74, 6) is -0.903. The molecule has 0 unspecified atom stereocenters. The van der Waals surface area contributed by atoms with Crippen LogP contribution in [0.1, 0.15) is 104 Å². The molecule has 0 fully saturated rings. The van der Waals surface area contributed by atoms with Gasteiger partial charge in [0, 0.05) is 26.4 Å². The van der Waals surface area contributed by atoms with E-state index in [1.54, 1.807) is 6.92 Å². The summed E-state index contributed by atoms with van der Waals surface area (Å²) >= 11 is 0. The highest BCUT2D eigenvalue weighted by atomic mass is 16.5. The average Bonchev–Trinajstić information content (AvgIpc) is 3.05. The lowest BCUT2D eigenvalue weighted by atomic mass is 10.0. The molecule has 3 atom stereocenters. The Morgan fingerprint density at radius 1 is 0.702 bits per heavy atom. The maximum absolute atomic E-state index is 13.5. The van der Waals surface area contributed by atoms with Crippen LogP contribution in [0, 0.1) is 5.92 Å². The summed E-state index contributed by atoms with van der Waals surface area (Å²) in [5.41, 5.74) is 1.89. The normalized spacial score (nSPS) is 12.9. The fraction of sp³-hybridized carbons (Fsp3) is 0.579. The lowest BCUT2D eigenvalue weighted by Gasteiger charge is -2.29. The Morgan fingerprint density at radius 3 is 1.83 bits per heavy atom. The zero-order valence-corrected chi connectivity index (χ0v) is 29.5. The molecule has 0 heterocycles. The topological polar surface area (TPSA) is 117 Å². The number of ether oxygens (including phenoxy) is 1. The molecular weight excluding hydrogens is 592 g/mol. The Bertz CT molecular complexity index is 1210. The van der Waals surface area contributed by atoms with Gasteiger partial charge in [0.15, 0.2) is 0 Å². The standard InChI is InChI=1S/C38H58N4O5/c1-7-9-11-16-24-42(25-17-12-10-8-2)38(46)29(5)39-37(45)35(28(3)4)41-36(44)34(40-30(6)43)26-31-20-22-33(23-21-31)47-27-32-18-14-13-15-19-32/h13-15,18-23,28-29,34-35H,7-12,16-17,24-27H2,1-6H3,(H,39,45)(H,40,43)(H,41,44)/t29-,34+,35+/m1/s1. The van der Waals surface area contributed by atoms with Gasteiger partial charge in [-0.2, -0.15) is 0 Å². The van der Waals surface area contributed by atoms with E-state index >= 15 is 0 Å². The lowest BCUT2D eigenvalue weighted by Crippen LogP contribution is -2.58. The van der Waals surface area contributed by atoms with Gasteiger partial charge >= 0.3 is 0 Å². The molecule has 0 aliphatic heterocycles. The quantitative estimate of drug-likeness (QED) is 0.136. The van der Waals surface area contributed by atoms with Gasteiger partial charge in [-0.05, 0) is 48.9 Å². The minimum absolute atomic E-state index is 0.104. The molecule has 0 aliphatic rings. The minimum Gasteiger partial charge on any atom is -0.489 e. The van der Waals surface area contributed by atoms with Crippen LogP contribution in [0.4, 0.5) is 0 Å². The van der Waals surface area contributed by atoms with Gasteiger partial charge in [-0.1, -0.05) is 109 Å². The molecule has 9 nitrogen and oxygen atoms in total. The van der Waals surface area contributed by atoms with Gasteiger partial charge in [0.25, 0.3) is 0 Å². The number of nitrogens with one attached hydrogen (secondary N) is 3. The van der Waals surface area contributed by atoms with E-state index in [1.165, 1.54) is 6.92 Å². The molecule has 3 N–H and O–H groups in total. The van der Waals surface area contributed by atoms with E-state index in [-0.39, 0.29) is 24.2 Å². The van der Waals surface area contributed by atoms with Crippen LogP contribution in [-0.2, 0) is 32.2 Å². The molecule has 0 bridgehead atoms. The van der Waals surface area contributed by atoms with E-state index in [9.17, 15) is 19.2 Å². The Balaban J connectivity index is 2.04. The maximum Gasteiger partial charge on any atom is 0.244 e. The van der Waals surface area contributed by atoms with Gasteiger partial charge in [-0.15, -0.1) is 0 Å². The van der Waals surface area contributed by atoms with Gasteiger partial charge in [-0.25, -0.2) is 0 Å². The maximum atomic E-state index is 13.5. The van der Waals surface area contributed by atoms with Crippen LogP contribution in [0.3, 0.4) is 0 Å². The molecule has 0 radical (unpaired) electrons. The summed E-state index contributed by atoms with van der Waals surface area (Å²) in [6.07, 6.45) is 8.76. The number of hydrogen-bond donors (Lipinski definition) is 3. The first-order chi connectivity index (χ1) is 22.5. The number of amides is 4. The SMILES string of the molecule is CCCCCCN(CCCCCC)C(=O)[C@@H](C)NC(=O)[C@@H](NC(=O)[C@H](Cc1ccc(OCc2ccccc2)cc1)NC(C)=O)C(C)C. The van der Waals surface area contributed by atoms with Crippen LogP contribution in [-0.4, -0.2) is 59.7 Å². The predicted octanol–water partition coefficient (Wildman–Crippen LogP) is 5.95. The van der Waals surface area contributed by atoms with Gasteiger partial charge in [0.05, 0.1) is 0 Å². The van der Waals surface area contributed by atoms with Crippen molar-refractivity contribution in [3.8, 4) is 5.75 Å². The smallest absolute Gasteiger partial charge is 0.244 e. The molecule has 4 amide bonds. The summed E-state index contributed by atoms with van der Waals surface area (Å²) in [4.78, 5) is 54.3. The number of hydrogen-bond acceptors (Lipinski definition) is 5. The van der Waals surface area contributed by atoms with Crippen LogP contribution < -0.4 is 20.7 Å². The van der Waals surface area contributed by atoms with Crippen molar-refractivity contribution < 1.29 is 23.9 Å².